The van der Waals surface area contributed by atoms with Crippen molar-refractivity contribution >= 4 is 11.6 Å². The van der Waals surface area contributed by atoms with E-state index in [0.717, 1.165) is 28.1 Å². The highest BCUT2D eigenvalue weighted by Gasteiger charge is 2.19. The second-order valence-corrected chi connectivity index (χ2v) is 8.81. The molecule has 0 aliphatic heterocycles. The van der Waals surface area contributed by atoms with Gasteiger partial charge in [-0.2, -0.15) is 0 Å². The highest BCUT2D eigenvalue weighted by atomic mass is 16.5. The van der Waals surface area contributed by atoms with E-state index in [4.69, 9.17) is 9.47 Å². The van der Waals surface area contributed by atoms with Gasteiger partial charge < -0.3 is 14.8 Å². The number of nitrogens with one attached hydrogen (secondary N) is 1. The molecule has 4 nitrogen and oxygen atoms in total. The van der Waals surface area contributed by atoms with Crippen LogP contribution in [-0.2, 0) is 12.0 Å². The number of aryl methyl sites for hydroxylation is 2. The summed E-state index contributed by atoms with van der Waals surface area (Å²) in [6, 6.07) is 19.3. The number of anilines is 1. The van der Waals surface area contributed by atoms with Gasteiger partial charge in [-0.05, 0) is 72.4 Å². The number of rotatable bonds is 6. The van der Waals surface area contributed by atoms with Crippen molar-refractivity contribution in [1.29, 1.82) is 0 Å². The van der Waals surface area contributed by atoms with Gasteiger partial charge in [0.2, 0.25) is 0 Å². The number of ether oxygens (including phenoxy) is 2. The quantitative estimate of drug-likeness (QED) is 0.502. The van der Waals surface area contributed by atoms with Crippen molar-refractivity contribution in [2.75, 3.05) is 12.4 Å². The van der Waals surface area contributed by atoms with Crippen LogP contribution < -0.4 is 14.8 Å². The molecule has 0 spiro atoms. The number of carbonyl (C=O) groups excluding carboxylic acids is 1. The van der Waals surface area contributed by atoms with Gasteiger partial charge in [-0.1, -0.05) is 45.0 Å². The van der Waals surface area contributed by atoms with E-state index in [1.165, 1.54) is 5.56 Å². The Balaban J connectivity index is 1.81. The third kappa shape index (κ3) is 5.46. The van der Waals surface area contributed by atoms with Crippen molar-refractivity contribution in [1.82, 2.24) is 0 Å². The van der Waals surface area contributed by atoms with Crippen LogP contribution in [-0.4, -0.2) is 13.0 Å². The number of benzene rings is 3. The van der Waals surface area contributed by atoms with Gasteiger partial charge in [0, 0.05) is 16.8 Å². The first kappa shape index (κ1) is 22.4. The van der Waals surface area contributed by atoms with Gasteiger partial charge in [0.15, 0.2) is 0 Å². The molecule has 0 aliphatic rings. The van der Waals surface area contributed by atoms with Gasteiger partial charge in [-0.15, -0.1) is 0 Å². The molecule has 3 rings (SSSR count). The first-order valence-electron chi connectivity index (χ1n) is 10.5. The molecular weight excluding hydrogens is 386 g/mol. The number of para-hydroxylation sites is 1. The molecule has 0 aliphatic carbocycles. The van der Waals surface area contributed by atoms with E-state index in [1.807, 2.05) is 55.5 Å². The first-order chi connectivity index (χ1) is 14.7. The minimum Gasteiger partial charge on any atom is -0.496 e. The highest BCUT2D eigenvalue weighted by molar-refractivity contribution is 6.04. The smallest absolute Gasteiger partial charge is 0.255 e. The summed E-state index contributed by atoms with van der Waals surface area (Å²) >= 11 is 0. The molecule has 0 saturated carbocycles. The van der Waals surface area contributed by atoms with E-state index < -0.39 is 0 Å². The van der Waals surface area contributed by atoms with E-state index in [1.54, 1.807) is 13.2 Å². The predicted molar refractivity (Wildman–Crippen MR) is 126 cm³/mol. The lowest BCUT2D eigenvalue weighted by Crippen LogP contribution is -2.14. The van der Waals surface area contributed by atoms with E-state index in [0.29, 0.717) is 17.9 Å². The van der Waals surface area contributed by atoms with Gasteiger partial charge in [0.05, 0.1) is 7.11 Å². The Labute approximate surface area is 185 Å². The van der Waals surface area contributed by atoms with E-state index in [9.17, 15) is 4.79 Å². The summed E-state index contributed by atoms with van der Waals surface area (Å²) in [6.45, 7) is 10.9. The second kappa shape index (κ2) is 9.25. The molecule has 31 heavy (non-hydrogen) atoms. The monoisotopic (exact) mass is 417 g/mol. The maximum Gasteiger partial charge on any atom is 0.255 e. The molecule has 0 bridgehead atoms. The van der Waals surface area contributed by atoms with Crippen LogP contribution >= 0.6 is 0 Å². The number of hydrogen-bond donors (Lipinski definition) is 1. The fourth-order valence-corrected chi connectivity index (χ4v) is 3.42. The Bertz CT molecular complexity index is 1080. The molecule has 0 fully saturated rings. The molecule has 0 radical (unpaired) electrons. The number of hydrogen-bond acceptors (Lipinski definition) is 3. The maximum atomic E-state index is 12.8. The lowest BCUT2D eigenvalue weighted by Gasteiger charge is -2.23. The Morgan fingerprint density at radius 3 is 2.32 bits per heavy atom. The first-order valence-corrected chi connectivity index (χ1v) is 10.5. The van der Waals surface area contributed by atoms with Crippen LogP contribution in [0.15, 0.2) is 60.7 Å². The molecule has 0 atom stereocenters. The van der Waals surface area contributed by atoms with Crippen molar-refractivity contribution in [3.8, 4) is 11.5 Å². The summed E-state index contributed by atoms with van der Waals surface area (Å²) in [5.41, 5.74) is 5.59. The van der Waals surface area contributed by atoms with Crippen LogP contribution in [0.2, 0.25) is 0 Å². The Morgan fingerprint density at radius 1 is 0.903 bits per heavy atom. The number of carbonyl (C=O) groups is 1. The van der Waals surface area contributed by atoms with Crippen LogP contribution in [0.4, 0.5) is 5.69 Å². The summed E-state index contributed by atoms with van der Waals surface area (Å²) in [7, 11) is 1.62. The molecular formula is C27H31NO3. The second-order valence-electron chi connectivity index (χ2n) is 8.81. The SMILES string of the molecule is COc1ccc(C(=O)Nc2ccc(C)c(C)c2)cc1COc1ccccc1C(C)(C)C. The average Bonchev–Trinajstić information content (AvgIpc) is 2.74. The van der Waals surface area contributed by atoms with E-state index in [-0.39, 0.29) is 11.3 Å². The summed E-state index contributed by atoms with van der Waals surface area (Å²) in [5, 5.41) is 2.97. The van der Waals surface area contributed by atoms with Crippen molar-refractivity contribution < 1.29 is 14.3 Å². The normalized spacial score (nSPS) is 11.2. The minimum absolute atomic E-state index is 0.0332. The third-order valence-electron chi connectivity index (χ3n) is 5.39. The lowest BCUT2D eigenvalue weighted by molar-refractivity contribution is 0.102. The van der Waals surface area contributed by atoms with Gasteiger partial charge in [0.25, 0.3) is 5.91 Å². The summed E-state index contributed by atoms with van der Waals surface area (Å²) in [4.78, 5) is 12.8. The summed E-state index contributed by atoms with van der Waals surface area (Å²) < 4.78 is 11.7. The largest absolute Gasteiger partial charge is 0.496 e. The maximum absolute atomic E-state index is 12.8. The molecule has 0 aromatic heterocycles. The number of amides is 1. The topological polar surface area (TPSA) is 47.6 Å². The third-order valence-corrected chi connectivity index (χ3v) is 5.39. The Hall–Kier alpha value is -3.27. The van der Waals surface area contributed by atoms with Crippen molar-refractivity contribution in [2.45, 2.75) is 46.6 Å². The van der Waals surface area contributed by atoms with Crippen LogP contribution in [0.1, 0.15) is 53.4 Å². The fourth-order valence-electron chi connectivity index (χ4n) is 3.42. The molecule has 3 aromatic rings. The van der Waals surface area contributed by atoms with Crippen LogP contribution in [0.25, 0.3) is 0 Å². The van der Waals surface area contributed by atoms with Crippen molar-refractivity contribution in [2.24, 2.45) is 0 Å². The zero-order chi connectivity index (χ0) is 22.6. The Kier molecular flexibility index (Phi) is 6.69. The lowest BCUT2D eigenvalue weighted by atomic mass is 9.86. The molecule has 1 N–H and O–H groups in total. The van der Waals surface area contributed by atoms with Gasteiger partial charge >= 0.3 is 0 Å². The van der Waals surface area contributed by atoms with Gasteiger partial charge in [-0.3, -0.25) is 4.79 Å². The molecule has 0 saturated heterocycles. The molecule has 1 amide bonds. The predicted octanol–water partition coefficient (Wildman–Crippen LogP) is 6.44. The van der Waals surface area contributed by atoms with E-state index in [2.05, 4.69) is 39.1 Å². The summed E-state index contributed by atoms with van der Waals surface area (Å²) in [6.07, 6.45) is 0. The van der Waals surface area contributed by atoms with Crippen LogP contribution in [0.5, 0.6) is 11.5 Å². The van der Waals surface area contributed by atoms with Crippen LogP contribution in [0, 0.1) is 13.8 Å². The molecule has 3 aromatic carbocycles. The molecule has 162 valence electrons. The zero-order valence-corrected chi connectivity index (χ0v) is 19.2. The van der Waals surface area contributed by atoms with Gasteiger partial charge in [-0.25, -0.2) is 0 Å². The van der Waals surface area contributed by atoms with E-state index >= 15 is 0 Å². The zero-order valence-electron chi connectivity index (χ0n) is 19.2. The molecule has 4 heteroatoms. The van der Waals surface area contributed by atoms with Crippen molar-refractivity contribution in [3.05, 3.63) is 88.5 Å². The highest BCUT2D eigenvalue weighted by Crippen LogP contribution is 2.32. The van der Waals surface area contributed by atoms with Crippen molar-refractivity contribution in [3.63, 3.8) is 0 Å². The summed E-state index contributed by atoms with van der Waals surface area (Å²) in [5.74, 6) is 1.36. The molecule has 0 unspecified atom stereocenters. The Morgan fingerprint density at radius 2 is 1.65 bits per heavy atom. The fraction of sp³-hybridized carbons (Fsp3) is 0.296. The molecule has 0 heterocycles. The van der Waals surface area contributed by atoms with Gasteiger partial charge in [0.1, 0.15) is 18.1 Å². The average molecular weight is 418 g/mol. The van der Waals surface area contributed by atoms with Crippen LogP contribution in [0.3, 0.4) is 0 Å². The number of methoxy groups -OCH3 is 1. The standard InChI is InChI=1S/C27H31NO3/c1-18-11-13-22(15-19(18)2)28-26(29)20-12-14-24(30-6)21(16-20)17-31-25-10-8-7-9-23(25)27(3,4)5/h7-16H,17H2,1-6H3,(H,28,29). The minimum atomic E-state index is -0.165.